The molecule has 144 valence electrons. The smallest absolute Gasteiger partial charge is 0.209 e. The summed E-state index contributed by atoms with van der Waals surface area (Å²) < 4.78 is 32.4. The van der Waals surface area contributed by atoms with Gasteiger partial charge in [0.2, 0.25) is 10.0 Å². The normalized spacial score (nSPS) is 33.4. The molecule has 3 aliphatic rings. The molecule has 4 rings (SSSR count). The molecule has 1 spiro atoms. The molecule has 0 radical (unpaired) electrons. The third kappa shape index (κ3) is 4.47. The summed E-state index contributed by atoms with van der Waals surface area (Å²) in [4.78, 5) is 0. The van der Waals surface area contributed by atoms with E-state index >= 15 is 0 Å². The number of sulfonamides is 1. The Morgan fingerprint density at radius 3 is 2.46 bits per heavy atom. The molecule has 3 fully saturated rings. The molecule has 2 unspecified atom stereocenters. The van der Waals surface area contributed by atoms with Crippen molar-refractivity contribution in [3.05, 3.63) is 35.9 Å². The fourth-order valence-corrected chi connectivity index (χ4v) is 5.50. The third-order valence-corrected chi connectivity index (χ3v) is 6.99. The van der Waals surface area contributed by atoms with Gasteiger partial charge in [-0.25, -0.2) is 13.1 Å². The fraction of sp³-hybridized carbons (Fsp3) is 0.700. The predicted molar refractivity (Wildman–Crippen MR) is 103 cm³/mol. The Morgan fingerprint density at radius 1 is 1.15 bits per heavy atom. The first-order chi connectivity index (χ1) is 12.4. The molecule has 0 bridgehead atoms. The minimum atomic E-state index is -3.19. The molecule has 2 saturated carbocycles. The van der Waals surface area contributed by atoms with Gasteiger partial charge in [0.1, 0.15) is 0 Å². The summed E-state index contributed by atoms with van der Waals surface area (Å²) in [6.07, 6.45) is 9.22. The van der Waals surface area contributed by atoms with Gasteiger partial charge in [0.05, 0.1) is 19.0 Å². The summed E-state index contributed by atoms with van der Waals surface area (Å²) >= 11 is 0. The van der Waals surface area contributed by atoms with Crippen molar-refractivity contribution in [3.8, 4) is 0 Å². The van der Waals surface area contributed by atoms with Gasteiger partial charge in [0.25, 0.3) is 0 Å². The highest BCUT2D eigenvalue weighted by atomic mass is 32.2. The zero-order valence-electron chi connectivity index (χ0n) is 15.5. The summed E-state index contributed by atoms with van der Waals surface area (Å²) in [7, 11) is -3.19. The quantitative estimate of drug-likeness (QED) is 0.798. The Morgan fingerprint density at radius 2 is 1.85 bits per heavy atom. The van der Waals surface area contributed by atoms with Crippen LogP contribution in [0.25, 0.3) is 0 Å². The van der Waals surface area contributed by atoms with E-state index in [9.17, 15) is 8.42 Å². The van der Waals surface area contributed by atoms with Gasteiger partial charge in [-0.1, -0.05) is 30.3 Å². The van der Waals surface area contributed by atoms with E-state index in [0.717, 1.165) is 32.1 Å². The van der Waals surface area contributed by atoms with Crippen LogP contribution in [0.15, 0.2) is 30.3 Å². The lowest BCUT2D eigenvalue weighted by molar-refractivity contribution is 0.0120. The molecule has 1 aliphatic heterocycles. The van der Waals surface area contributed by atoms with Crippen LogP contribution in [0.2, 0.25) is 0 Å². The molecule has 2 N–H and O–H groups in total. The lowest BCUT2D eigenvalue weighted by Crippen LogP contribution is -2.46. The van der Waals surface area contributed by atoms with Crippen LogP contribution in [0, 0.1) is 0 Å². The van der Waals surface area contributed by atoms with Gasteiger partial charge >= 0.3 is 0 Å². The molecule has 1 saturated heterocycles. The Labute approximate surface area is 156 Å². The minimum Gasteiger partial charge on any atom is -0.377 e. The monoisotopic (exact) mass is 378 g/mol. The largest absolute Gasteiger partial charge is 0.377 e. The lowest BCUT2D eigenvalue weighted by atomic mass is 9.83. The Bertz CT molecular complexity index is 710. The van der Waals surface area contributed by atoms with E-state index in [1.165, 1.54) is 24.7 Å². The molecule has 0 aromatic heterocycles. The molecule has 1 heterocycles. The SMILES string of the molecule is CS(=O)(=O)NC1CC2(CC2)NC1CO[C@H]1CC[C@@H](c2ccccc2)CC1. The van der Waals surface area contributed by atoms with Gasteiger partial charge in [-0.3, -0.25) is 0 Å². The van der Waals surface area contributed by atoms with Crippen molar-refractivity contribution < 1.29 is 13.2 Å². The molecular weight excluding hydrogens is 348 g/mol. The Balaban J connectivity index is 1.27. The predicted octanol–water partition coefficient (Wildman–Crippen LogP) is 2.54. The molecule has 0 amide bonds. The van der Waals surface area contributed by atoms with Crippen LogP contribution in [-0.2, 0) is 14.8 Å². The van der Waals surface area contributed by atoms with Crippen molar-refractivity contribution in [3.63, 3.8) is 0 Å². The topological polar surface area (TPSA) is 67.4 Å². The lowest BCUT2D eigenvalue weighted by Gasteiger charge is -2.30. The van der Waals surface area contributed by atoms with Gasteiger partial charge in [0, 0.05) is 17.6 Å². The molecule has 6 heteroatoms. The summed E-state index contributed by atoms with van der Waals surface area (Å²) in [6, 6.07) is 10.8. The van der Waals surface area contributed by atoms with Crippen LogP contribution in [0.1, 0.15) is 56.4 Å². The van der Waals surface area contributed by atoms with Crippen molar-refractivity contribution in [2.45, 2.75) is 74.6 Å². The maximum Gasteiger partial charge on any atom is 0.209 e. The van der Waals surface area contributed by atoms with Crippen LogP contribution in [0.5, 0.6) is 0 Å². The molecular formula is C20H30N2O3S. The second-order valence-corrected chi connectivity index (χ2v) is 10.2. The number of hydrogen-bond donors (Lipinski definition) is 2. The van der Waals surface area contributed by atoms with Gasteiger partial charge in [-0.05, 0) is 56.4 Å². The van der Waals surface area contributed by atoms with Crippen molar-refractivity contribution in [1.82, 2.24) is 10.0 Å². The van der Waals surface area contributed by atoms with E-state index in [2.05, 4.69) is 40.4 Å². The van der Waals surface area contributed by atoms with Crippen LogP contribution in [-0.4, -0.2) is 45.0 Å². The van der Waals surface area contributed by atoms with Gasteiger partial charge in [-0.15, -0.1) is 0 Å². The molecule has 1 aromatic carbocycles. The van der Waals surface area contributed by atoms with E-state index in [4.69, 9.17) is 4.74 Å². The Kier molecular flexibility index (Phi) is 5.12. The van der Waals surface area contributed by atoms with E-state index < -0.39 is 10.0 Å². The molecule has 2 atom stereocenters. The number of ether oxygens (including phenoxy) is 1. The summed E-state index contributed by atoms with van der Waals surface area (Å²) in [5.74, 6) is 0.648. The third-order valence-electron chi connectivity index (χ3n) is 6.26. The zero-order valence-corrected chi connectivity index (χ0v) is 16.3. The van der Waals surface area contributed by atoms with Crippen LogP contribution in [0.3, 0.4) is 0 Å². The summed E-state index contributed by atoms with van der Waals surface area (Å²) in [5.41, 5.74) is 1.61. The average Bonchev–Trinajstić information content (AvgIpc) is 3.28. The number of hydrogen-bond acceptors (Lipinski definition) is 4. The highest BCUT2D eigenvalue weighted by Gasteiger charge is 2.53. The second-order valence-electron chi connectivity index (χ2n) is 8.45. The molecule has 5 nitrogen and oxygen atoms in total. The number of nitrogens with one attached hydrogen (secondary N) is 2. The van der Waals surface area contributed by atoms with Gasteiger partial charge in [-0.2, -0.15) is 0 Å². The van der Waals surface area contributed by atoms with Crippen molar-refractivity contribution >= 4 is 10.0 Å². The highest BCUT2D eigenvalue weighted by Crippen LogP contribution is 2.45. The average molecular weight is 379 g/mol. The first kappa shape index (κ1) is 18.4. The van der Waals surface area contributed by atoms with Crippen LogP contribution >= 0.6 is 0 Å². The maximum atomic E-state index is 11.7. The van der Waals surface area contributed by atoms with E-state index in [1.54, 1.807) is 0 Å². The van der Waals surface area contributed by atoms with Crippen LogP contribution < -0.4 is 10.0 Å². The van der Waals surface area contributed by atoms with E-state index in [1.807, 2.05) is 0 Å². The van der Waals surface area contributed by atoms with E-state index in [0.29, 0.717) is 18.6 Å². The zero-order chi connectivity index (χ0) is 18.2. The summed E-state index contributed by atoms with van der Waals surface area (Å²) in [5, 5.41) is 3.64. The molecule has 26 heavy (non-hydrogen) atoms. The Hall–Kier alpha value is -0.950. The molecule has 2 aliphatic carbocycles. The number of rotatable bonds is 6. The summed E-state index contributed by atoms with van der Waals surface area (Å²) in [6.45, 7) is 0.593. The van der Waals surface area contributed by atoms with Gasteiger partial charge < -0.3 is 10.1 Å². The standard InChI is InChI=1S/C20H30N2O3S/c1-26(23,24)22-18-13-20(11-12-20)21-19(18)14-25-17-9-7-16(8-10-17)15-5-3-2-4-6-15/h2-6,16-19,21-22H,7-14H2,1H3/t16-,17+,18?,19?. The first-order valence-corrected chi connectivity index (χ1v) is 11.7. The van der Waals surface area contributed by atoms with Gasteiger partial charge in [0.15, 0.2) is 0 Å². The first-order valence-electron chi connectivity index (χ1n) is 9.84. The van der Waals surface area contributed by atoms with Crippen molar-refractivity contribution in [2.24, 2.45) is 0 Å². The minimum absolute atomic E-state index is 0.0480. The second kappa shape index (κ2) is 7.23. The molecule has 1 aromatic rings. The maximum absolute atomic E-state index is 11.7. The van der Waals surface area contributed by atoms with Crippen molar-refractivity contribution in [2.75, 3.05) is 12.9 Å². The van der Waals surface area contributed by atoms with E-state index in [-0.39, 0.29) is 17.6 Å². The number of benzene rings is 1. The van der Waals surface area contributed by atoms with Crippen LogP contribution in [0.4, 0.5) is 0 Å². The van der Waals surface area contributed by atoms with Crippen molar-refractivity contribution in [1.29, 1.82) is 0 Å². The highest BCUT2D eigenvalue weighted by molar-refractivity contribution is 7.88. The fourth-order valence-electron chi connectivity index (χ4n) is 4.70.